The molecule has 0 aromatic rings. The van der Waals surface area contributed by atoms with Gasteiger partial charge >= 0.3 is 29.6 Å². The van der Waals surface area contributed by atoms with Crippen LogP contribution in [0.5, 0.6) is 0 Å². The third kappa shape index (κ3) is 24.7. The second-order valence-electron chi connectivity index (χ2n) is 6.21. The summed E-state index contributed by atoms with van der Waals surface area (Å²) in [4.78, 5) is 0. The standard InChI is InChI=1S/C18H38O8S.Na/c1-3-5-6-7-8-9-10-22-11-12-23-13-14-24-15-16-25-17-18(4-2)26-27(19,20)21;/h18H,3-17H2,1-2H3,(H,19,20,21);/q;+1/p-1. The van der Waals surface area contributed by atoms with Crippen LogP contribution in [0.1, 0.15) is 58.8 Å². The average Bonchev–Trinajstić information content (AvgIpc) is 2.62. The molecule has 0 aliphatic rings. The Kier molecular flexibility index (Phi) is 24.7. The third-order valence-electron chi connectivity index (χ3n) is 3.77. The Bertz CT molecular complexity index is 408. The van der Waals surface area contributed by atoms with Gasteiger partial charge in [-0.05, 0) is 12.8 Å². The minimum Gasteiger partial charge on any atom is -0.726 e. The normalized spacial score (nSPS) is 12.7. The third-order valence-corrected chi connectivity index (χ3v) is 4.28. The van der Waals surface area contributed by atoms with Crippen molar-refractivity contribution in [2.75, 3.05) is 52.9 Å². The SMILES string of the molecule is CCCCCCCCOCCOCCOCCOCC(CC)OS(=O)(=O)[O-].[Na+]. The molecule has 0 spiro atoms. The van der Waals surface area contributed by atoms with Gasteiger partial charge in [-0.2, -0.15) is 0 Å². The van der Waals surface area contributed by atoms with Gasteiger partial charge in [-0.1, -0.05) is 46.0 Å². The van der Waals surface area contributed by atoms with Gasteiger partial charge in [0.05, 0.1) is 52.4 Å². The van der Waals surface area contributed by atoms with E-state index in [4.69, 9.17) is 18.9 Å². The monoisotopic (exact) mass is 436 g/mol. The molecule has 0 saturated heterocycles. The minimum atomic E-state index is -4.70. The quantitative estimate of drug-likeness (QED) is 0.104. The fourth-order valence-corrected chi connectivity index (χ4v) is 2.76. The van der Waals surface area contributed by atoms with E-state index in [0.717, 1.165) is 13.0 Å². The molecule has 1 unspecified atom stereocenters. The molecular formula is C18H37NaO8S. The van der Waals surface area contributed by atoms with E-state index in [0.29, 0.717) is 46.1 Å². The van der Waals surface area contributed by atoms with Gasteiger partial charge in [-0.15, -0.1) is 0 Å². The maximum Gasteiger partial charge on any atom is 1.00 e. The average molecular weight is 437 g/mol. The number of rotatable bonds is 21. The number of unbranched alkanes of at least 4 members (excludes halogenated alkanes) is 5. The predicted octanol–water partition coefficient (Wildman–Crippen LogP) is -0.327. The van der Waals surface area contributed by atoms with E-state index in [1.54, 1.807) is 6.92 Å². The van der Waals surface area contributed by atoms with Gasteiger partial charge in [0.2, 0.25) is 10.4 Å². The fourth-order valence-electron chi connectivity index (χ4n) is 2.24. The largest absolute Gasteiger partial charge is 1.00 e. The van der Waals surface area contributed by atoms with Crippen molar-refractivity contribution in [3.63, 3.8) is 0 Å². The Morgan fingerprint density at radius 2 is 1.18 bits per heavy atom. The summed E-state index contributed by atoms with van der Waals surface area (Å²) in [6.45, 7) is 7.48. The summed E-state index contributed by atoms with van der Waals surface area (Å²) in [6, 6.07) is 0. The van der Waals surface area contributed by atoms with Gasteiger partial charge in [0.15, 0.2) is 0 Å². The van der Waals surface area contributed by atoms with Gasteiger partial charge < -0.3 is 23.5 Å². The van der Waals surface area contributed by atoms with E-state index in [1.807, 2.05) is 0 Å². The molecule has 0 rings (SSSR count). The van der Waals surface area contributed by atoms with Crippen molar-refractivity contribution < 1.29 is 65.7 Å². The molecule has 164 valence electrons. The number of ether oxygens (including phenoxy) is 4. The van der Waals surface area contributed by atoms with Gasteiger partial charge in [-0.3, -0.25) is 4.18 Å². The molecule has 0 heterocycles. The molecule has 0 fully saturated rings. The van der Waals surface area contributed by atoms with Crippen LogP contribution in [0.4, 0.5) is 0 Å². The Labute approximate surface area is 193 Å². The van der Waals surface area contributed by atoms with Crippen molar-refractivity contribution in [2.24, 2.45) is 0 Å². The maximum absolute atomic E-state index is 10.5. The molecule has 10 heteroatoms. The molecule has 0 aliphatic heterocycles. The van der Waals surface area contributed by atoms with Crippen molar-refractivity contribution >= 4 is 10.4 Å². The predicted molar refractivity (Wildman–Crippen MR) is 102 cm³/mol. The van der Waals surface area contributed by atoms with E-state index in [-0.39, 0.29) is 36.2 Å². The first-order valence-electron chi connectivity index (χ1n) is 9.94. The second-order valence-corrected chi connectivity index (χ2v) is 7.22. The van der Waals surface area contributed by atoms with Crippen LogP contribution < -0.4 is 29.6 Å². The zero-order valence-electron chi connectivity index (χ0n) is 17.9. The van der Waals surface area contributed by atoms with E-state index in [9.17, 15) is 13.0 Å². The molecule has 0 aromatic carbocycles. The van der Waals surface area contributed by atoms with Crippen molar-refractivity contribution in [2.45, 2.75) is 64.9 Å². The smallest absolute Gasteiger partial charge is 0.726 e. The fraction of sp³-hybridized carbons (Fsp3) is 1.00. The minimum absolute atomic E-state index is 0. The second kappa shape index (κ2) is 22.4. The van der Waals surface area contributed by atoms with Crippen LogP contribution in [0.3, 0.4) is 0 Å². The first-order chi connectivity index (χ1) is 13.0. The molecule has 0 amide bonds. The molecule has 0 radical (unpaired) electrons. The molecule has 1 atom stereocenters. The first-order valence-corrected chi connectivity index (χ1v) is 11.3. The summed E-state index contributed by atoms with van der Waals surface area (Å²) in [5.74, 6) is 0. The Balaban J connectivity index is 0. The molecule has 0 aliphatic carbocycles. The number of hydrogen-bond acceptors (Lipinski definition) is 8. The molecule has 0 bridgehead atoms. The van der Waals surface area contributed by atoms with E-state index >= 15 is 0 Å². The molecule has 0 saturated carbocycles. The molecular weight excluding hydrogens is 399 g/mol. The molecule has 0 N–H and O–H groups in total. The van der Waals surface area contributed by atoms with Crippen LogP contribution in [-0.2, 0) is 33.5 Å². The van der Waals surface area contributed by atoms with Gasteiger partial charge in [0.25, 0.3) is 0 Å². The number of hydrogen-bond donors (Lipinski definition) is 0. The summed E-state index contributed by atoms with van der Waals surface area (Å²) >= 11 is 0. The van der Waals surface area contributed by atoms with Gasteiger partial charge in [0, 0.05) is 6.61 Å². The van der Waals surface area contributed by atoms with Crippen LogP contribution in [-0.4, -0.2) is 71.9 Å². The van der Waals surface area contributed by atoms with Crippen LogP contribution in [0.25, 0.3) is 0 Å². The first kappa shape index (κ1) is 30.9. The van der Waals surface area contributed by atoms with Crippen LogP contribution >= 0.6 is 0 Å². The van der Waals surface area contributed by atoms with Crippen LogP contribution in [0.2, 0.25) is 0 Å². The summed E-state index contributed by atoms with van der Waals surface area (Å²) in [6.07, 6.45) is 7.16. The topological polar surface area (TPSA) is 103 Å². The Hall–Kier alpha value is 0.710. The molecule has 0 aromatic heterocycles. The summed E-state index contributed by atoms with van der Waals surface area (Å²) < 4.78 is 57.3. The van der Waals surface area contributed by atoms with Gasteiger partial charge in [-0.25, -0.2) is 8.42 Å². The Morgan fingerprint density at radius 1 is 0.714 bits per heavy atom. The van der Waals surface area contributed by atoms with E-state index in [1.165, 1.54) is 32.1 Å². The van der Waals surface area contributed by atoms with Gasteiger partial charge in [0.1, 0.15) is 0 Å². The van der Waals surface area contributed by atoms with E-state index < -0.39 is 16.5 Å². The van der Waals surface area contributed by atoms with Crippen molar-refractivity contribution in [3.8, 4) is 0 Å². The Morgan fingerprint density at radius 3 is 1.68 bits per heavy atom. The van der Waals surface area contributed by atoms with Crippen molar-refractivity contribution in [1.82, 2.24) is 0 Å². The molecule has 8 nitrogen and oxygen atoms in total. The van der Waals surface area contributed by atoms with Crippen LogP contribution in [0.15, 0.2) is 0 Å². The zero-order valence-corrected chi connectivity index (χ0v) is 20.7. The van der Waals surface area contributed by atoms with Crippen molar-refractivity contribution in [3.05, 3.63) is 0 Å². The molecule has 28 heavy (non-hydrogen) atoms. The maximum atomic E-state index is 10.5. The zero-order chi connectivity index (χ0) is 20.2. The van der Waals surface area contributed by atoms with E-state index in [2.05, 4.69) is 11.1 Å². The van der Waals surface area contributed by atoms with Crippen molar-refractivity contribution in [1.29, 1.82) is 0 Å². The summed E-state index contributed by atoms with van der Waals surface area (Å²) in [7, 11) is -4.70. The summed E-state index contributed by atoms with van der Waals surface area (Å²) in [5.41, 5.74) is 0. The summed E-state index contributed by atoms with van der Waals surface area (Å²) in [5, 5.41) is 0. The van der Waals surface area contributed by atoms with Crippen LogP contribution in [0, 0.1) is 0 Å².